The molecule has 1 fully saturated rings. The molecule has 1 saturated carbocycles. The fourth-order valence-electron chi connectivity index (χ4n) is 1.63. The lowest BCUT2D eigenvalue weighted by molar-refractivity contribution is -0.145. The summed E-state index contributed by atoms with van der Waals surface area (Å²) in [6.45, 7) is 7.05. The zero-order valence-corrected chi connectivity index (χ0v) is 8.68. The maximum Gasteiger partial charge on any atom is 0.146 e. The summed E-state index contributed by atoms with van der Waals surface area (Å²) in [7, 11) is 5.79. The topological polar surface area (TPSA) is 34.1 Å². The van der Waals surface area contributed by atoms with E-state index in [1.54, 1.807) is 13.8 Å². The van der Waals surface area contributed by atoms with Crippen molar-refractivity contribution in [2.45, 2.75) is 39.9 Å². The van der Waals surface area contributed by atoms with Gasteiger partial charge in [-0.15, -0.1) is 0 Å². The zero-order chi connectivity index (χ0) is 10.4. The Bertz CT molecular complexity index is 266. The summed E-state index contributed by atoms with van der Waals surface area (Å²) in [6.07, 6.45) is 0.396. The van der Waals surface area contributed by atoms with Crippen molar-refractivity contribution < 1.29 is 9.59 Å². The van der Waals surface area contributed by atoms with Gasteiger partial charge in [0.1, 0.15) is 11.6 Å². The SMILES string of the molecule is [B]C1C(=O)C(C)(C)C(=O)CC1(C)C. The number of rotatable bonds is 0. The Hall–Kier alpha value is -0.595. The van der Waals surface area contributed by atoms with Crippen LogP contribution in [0.2, 0.25) is 5.82 Å². The van der Waals surface area contributed by atoms with Crippen molar-refractivity contribution in [1.29, 1.82) is 0 Å². The third-order valence-electron chi connectivity index (χ3n) is 3.05. The molecule has 2 nitrogen and oxygen atoms in total. The van der Waals surface area contributed by atoms with Gasteiger partial charge in [0.05, 0.1) is 13.3 Å². The van der Waals surface area contributed by atoms with E-state index in [1.807, 2.05) is 13.8 Å². The van der Waals surface area contributed by atoms with Gasteiger partial charge in [-0.1, -0.05) is 13.8 Å². The van der Waals surface area contributed by atoms with Crippen LogP contribution in [0.1, 0.15) is 34.1 Å². The van der Waals surface area contributed by atoms with E-state index in [0.717, 1.165) is 0 Å². The quantitative estimate of drug-likeness (QED) is 0.416. The van der Waals surface area contributed by atoms with E-state index in [4.69, 9.17) is 7.85 Å². The number of ketones is 2. The highest BCUT2D eigenvalue weighted by molar-refractivity contribution is 6.30. The van der Waals surface area contributed by atoms with Crippen molar-refractivity contribution in [1.82, 2.24) is 0 Å². The van der Waals surface area contributed by atoms with Crippen molar-refractivity contribution in [3.63, 3.8) is 0 Å². The monoisotopic (exact) mass is 178 g/mol. The van der Waals surface area contributed by atoms with Crippen LogP contribution in [-0.4, -0.2) is 19.4 Å². The molecule has 3 heteroatoms. The molecule has 2 radical (unpaired) electrons. The van der Waals surface area contributed by atoms with Crippen LogP contribution in [0, 0.1) is 10.8 Å². The van der Waals surface area contributed by atoms with Gasteiger partial charge in [0.25, 0.3) is 0 Å². The molecular weight excluding hydrogens is 163 g/mol. The van der Waals surface area contributed by atoms with E-state index in [9.17, 15) is 9.59 Å². The Balaban J connectivity index is 3.07. The van der Waals surface area contributed by atoms with Gasteiger partial charge in [-0.25, -0.2) is 0 Å². The second-order valence-electron chi connectivity index (χ2n) is 5.06. The highest BCUT2D eigenvalue weighted by atomic mass is 16.2. The van der Waals surface area contributed by atoms with Crippen molar-refractivity contribution in [2.75, 3.05) is 0 Å². The van der Waals surface area contributed by atoms with Gasteiger partial charge < -0.3 is 0 Å². The molecule has 70 valence electrons. The van der Waals surface area contributed by atoms with Crippen molar-refractivity contribution >= 4 is 19.4 Å². The lowest BCUT2D eigenvalue weighted by Crippen LogP contribution is -2.47. The molecule has 0 aliphatic heterocycles. The standard InChI is InChI=1S/C10H15BO2/c1-9(2)5-6(12)10(3,4)8(13)7(9)11/h7H,5H2,1-4H3. The van der Waals surface area contributed by atoms with E-state index < -0.39 is 11.2 Å². The number of carbonyl (C=O) groups excluding carboxylic acids is 2. The Morgan fingerprint density at radius 1 is 1.23 bits per heavy atom. The van der Waals surface area contributed by atoms with Crippen molar-refractivity contribution in [3.05, 3.63) is 0 Å². The molecule has 0 saturated heterocycles. The number of hydrogen-bond donors (Lipinski definition) is 0. The van der Waals surface area contributed by atoms with Crippen LogP contribution < -0.4 is 0 Å². The number of hydrogen-bond acceptors (Lipinski definition) is 2. The average Bonchev–Trinajstić information content (AvgIpc) is 1.98. The van der Waals surface area contributed by atoms with Gasteiger partial charge in [0, 0.05) is 6.42 Å². The van der Waals surface area contributed by atoms with Crippen LogP contribution in [0.5, 0.6) is 0 Å². The van der Waals surface area contributed by atoms with Gasteiger partial charge in [-0.05, 0) is 25.1 Å². The van der Waals surface area contributed by atoms with Crippen molar-refractivity contribution in [2.24, 2.45) is 10.8 Å². The number of carbonyl (C=O) groups is 2. The van der Waals surface area contributed by atoms with Gasteiger partial charge in [-0.3, -0.25) is 9.59 Å². The Morgan fingerprint density at radius 2 is 1.69 bits per heavy atom. The predicted octanol–water partition coefficient (Wildman–Crippen LogP) is 1.54. The Labute approximate surface area is 80.5 Å². The van der Waals surface area contributed by atoms with Crippen LogP contribution in [0.4, 0.5) is 0 Å². The summed E-state index contributed by atoms with van der Waals surface area (Å²) < 4.78 is 0. The van der Waals surface area contributed by atoms with Gasteiger partial charge in [-0.2, -0.15) is 0 Å². The normalized spacial score (nSPS) is 31.8. The smallest absolute Gasteiger partial charge is 0.146 e. The summed E-state index contributed by atoms with van der Waals surface area (Å²) in [4.78, 5) is 23.3. The molecule has 1 rings (SSSR count). The first-order valence-corrected chi connectivity index (χ1v) is 4.53. The molecule has 0 spiro atoms. The first-order chi connectivity index (χ1) is 5.69. The molecule has 0 heterocycles. The molecule has 0 aromatic heterocycles. The third-order valence-corrected chi connectivity index (χ3v) is 3.05. The van der Waals surface area contributed by atoms with E-state index >= 15 is 0 Å². The molecular formula is C10H15BO2. The first-order valence-electron chi connectivity index (χ1n) is 4.53. The lowest BCUT2D eigenvalue weighted by atomic mass is 9.53. The van der Waals surface area contributed by atoms with Gasteiger partial charge in [0.2, 0.25) is 0 Å². The van der Waals surface area contributed by atoms with E-state index in [1.165, 1.54) is 0 Å². The van der Waals surface area contributed by atoms with Crippen LogP contribution in [0.25, 0.3) is 0 Å². The Morgan fingerprint density at radius 3 is 2.15 bits per heavy atom. The molecule has 1 unspecified atom stereocenters. The minimum atomic E-state index is -0.880. The summed E-state index contributed by atoms with van der Waals surface area (Å²) in [5.41, 5.74) is -1.27. The summed E-state index contributed by atoms with van der Waals surface area (Å²) in [5, 5.41) is 0. The minimum absolute atomic E-state index is 0.00389. The highest BCUT2D eigenvalue weighted by Crippen LogP contribution is 2.45. The van der Waals surface area contributed by atoms with Crippen molar-refractivity contribution in [3.8, 4) is 0 Å². The zero-order valence-electron chi connectivity index (χ0n) is 8.68. The molecule has 0 bridgehead atoms. The van der Waals surface area contributed by atoms with Gasteiger partial charge in [0.15, 0.2) is 0 Å². The minimum Gasteiger partial charge on any atom is -0.299 e. The molecule has 0 aromatic rings. The van der Waals surface area contributed by atoms with Gasteiger partial charge >= 0.3 is 0 Å². The molecule has 13 heavy (non-hydrogen) atoms. The second-order valence-corrected chi connectivity index (χ2v) is 5.06. The molecule has 0 amide bonds. The van der Waals surface area contributed by atoms with Crippen LogP contribution in [-0.2, 0) is 9.59 Å². The molecule has 0 aromatic carbocycles. The maximum atomic E-state index is 11.7. The van der Waals surface area contributed by atoms with Crippen LogP contribution in [0.3, 0.4) is 0 Å². The van der Waals surface area contributed by atoms with Crippen LogP contribution in [0.15, 0.2) is 0 Å². The van der Waals surface area contributed by atoms with E-state index in [2.05, 4.69) is 0 Å². The lowest BCUT2D eigenvalue weighted by Gasteiger charge is -2.42. The fourth-order valence-corrected chi connectivity index (χ4v) is 1.63. The first kappa shape index (κ1) is 10.5. The fraction of sp³-hybridized carbons (Fsp3) is 0.800. The highest BCUT2D eigenvalue weighted by Gasteiger charge is 2.49. The Kier molecular flexibility index (Phi) is 2.17. The third kappa shape index (κ3) is 1.45. The molecule has 1 aliphatic rings. The summed E-state index contributed by atoms with van der Waals surface area (Å²) in [6, 6.07) is 0. The average molecular weight is 178 g/mol. The second kappa shape index (κ2) is 2.69. The van der Waals surface area contributed by atoms with E-state index in [0.29, 0.717) is 6.42 Å². The molecule has 1 atom stereocenters. The summed E-state index contributed by atoms with van der Waals surface area (Å²) in [5.74, 6) is -0.641. The largest absolute Gasteiger partial charge is 0.299 e. The number of Topliss-reactive ketones (excluding diaryl/α,β-unsaturated/α-hetero) is 2. The summed E-state index contributed by atoms with van der Waals surface area (Å²) >= 11 is 0. The van der Waals surface area contributed by atoms with E-state index in [-0.39, 0.29) is 17.0 Å². The molecule has 1 aliphatic carbocycles. The van der Waals surface area contributed by atoms with Crippen LogP contribution >= 0.6 is 0 Å². The molecule has 0 N–H and O–H groups in total. The maximum absolute atomic E-state index is 11.7. The predicted molar refractivity (Wildman–Crippen MR) is 51.7 cm³/mol.